The maximum Gasteiger partial charge on any atom is 0.254 e. The molecule has 2 aliphatic rings. The molecule has 40 heavy (non-hydrogen) atoms. The number of imidazole rings is 1. The molecule has 14 heteroatoms. The number of halogens is 2. The number of aromatic nitrogens is 10. The van der Waals surface area contributed by atoms with E-state index in [0.717, 1.165) is 37.1 Å². The second-order valence-electron chi connectivity index (χ2n) is 10.1. The number of benzene rings is 1. The number of nitrogens with one attached hydrogen (secondary N) is 1. The molecule has 1 N–H and O–H groups in total. The van der Waals surface area contributed by atoms with E-state index in [0.29, 0.717) is 23.8 Å². The molecule has 4 aromatic heterocycles. The highest BCUT2D eigenvalue weighted by molar-refractivity contribution is 6.31. The minimum Gasteiger partial charge on any atom is -0.357 e. The number of tetrazole rings is 1. The van der Waals surface area contributed by atoms with Gasteiger partial charge in [-0.3, -0.25) is 9.36 Å². The van der Waals surface area contributed by atoms with E-state index in [1.54, 1.807) is 23.0 Å². The van der Waals surface area contributed by atoms with Gasteiger partial charge in [0, 0.05) is 30.4 Å². The van der Waals surface area contributed by atoms with E-state index in [1.165, 1.54) is 23.1 Å². The summed E-state index contributed by atoms with van der Waals surface area (Å²) in [6, 6.07) is 3.96. The highest BCUT2D eigenvalue weighted by atomic mass is 35.5. The van der Waals surface area contributed by atoms with Gasteiger partial charge >= 0.3 is 0 Å². The van der Waals surface area contributed by atoms with Crippen LogP contribution < -0.4 is 5.56 Å². The van der Waals surface area contributed by atoms with Crippen LogP contribution in [0, 0.1) is 5.82 Å². The molecule has 0 radical (unpaired) electrons. The van der Waals surface area contributed by atoms with E-state index < -0.39 is 5.82 Å². The fourth-order valence-electron chi connectivity index (χ4n) is 5.54. The number of nitrogens with zero attached hydrogens (tertiary/aromatic N) is 9. The summed E-state index contributed by atoms with van der Waals surface area (Å²) in [6.07, 6.45) is 10.5. The first-order valence-electron chi connectivity index (χ1n) is 13.0. The summed E-state index contributed by atoms with van der Waals surface area (Å²) in [6.45, 7) is 2.72. The quantitative estimate of drug-likeness (QED) is 0.339. The lowest BCUT2D eigenvalue weighted by Crippen LogP contribution is -2.25. The molecule has 6 heterocycles. The predicted octanol–water partition coefficient (Wildman–Crippen LogP) is 4.06. The topological polar surface area (TPSA) is 134 Å². The van der Waals surface area contributed by atoms with Crippen molar-refractivity contribution in [2.45, 2.75) is 50.8 Å². The van der Waals surface area contributed by atoms with Crippen LogP contribution in [0.5, 0.6) is 0 Å². The normalized spacial score (nSPS) is 20.6. The Kier molecular flexibility index (Phi) is 6.04. The predicted molar refractivity (Wildman–Crippen MR) is 141 cm³/mol. The summed E-state index contributed by atoms with van der Waals surface area (Å²) in [5.74, 6) is 0.386. The first kappa shape index (κ1) is 24.8. The molecule has 1 aromatic carbocycles. The van der Waals surface area contributed by atoms with Crippen LogP contribution in [0.25, 0.3) is 28.2 Å². The number of H-pyrrole nitrogens is 1. The van der Waals surface area contributed by atoms with Gasteiger partial charge in [0.2, 0.25) is 0 Å². The molecule has 3 atom stereocenters. The lowest BCUT2D eigenvalue weighted by molar-refractivity contribution is -0.0394. The van der Waals surface area contributed by atoms with Gasteiger partial charge in [0.25, 0.3) is 5.56 Å². The second-order valence-corrected chi connectivity index (χ2v) is 10.5. The molecule has 2 unspecified atom stereocenters. The van der Waals surface area contributed by atoms with Crippen molar-refractivity contribution in [1.82, 2.24) is 49.5 Å². The summed E-state index contributed by atoms with van der Waals surface area (Å²) in [5, 5.41) is 15.5. The molecule has 2 aliphatic heterocycles. The average Bonchev–Trinajstić information content (AvgIpc) is 3.77. The van der Waals surface area contributed by atoms with E-state index in [4.69, 9.17) is 21.3 Å². The molecule has 5 aromatic rings. The Morgan fingerprint density at radius 3 is 2.92 bits per heavy atom. The van der Waals surface area contributed by atoms with Gasteiger partial charge in [-0.15, -0.1) is 5.10 Å². The third-order valence-electron chi connectivity index (χ3n) is 7.51. The van der Waals surface area contributed by atoms with Crippen LogP contribution in [-0.4, -0.2) is 56.1 Å². The summed E-state index contributed by atoms with van der Waals surface area (Å²) >= 11 is 6.11. The summed E-state index contributed by atoms with van der Waals surface area (Å²) in [7, 11) is 0. The molecule has 1 fully saturated rings. The van der Waals surface area contributed by atoms with Gasteiger partial charge in [-0.25, -0.2) is 19.0 Å². The first-order valence-corrected chi connectivity index (χ1v) is 13.4. The molecule has 0 spiro atoms. The Morgan fingerprint density at radius 2 is 2.12 bits per heavy atom. The average molecular weight is 563 g/mol. The van der Waals surface area contributed by atoms with Crippen molar-refractivity contribution in [1.29, 1.82) is 0 Å². The van der Waals surface area contributed by atoms with Crippen molar-refractivity contribution in [3.63, 3.8) is 0 Å². The van der Waals surface area contributed by atoms with Gasteiger partial charge in [0.05, 0.1) is 46.1 Å². The van der Waals surface area contributed by atoms with Crippen molar-refractivity contribution in [3.8, 4) is 28.2 Å². The standard InChI is InChI=1S/C26H24ClFN10O2/c1-14-8-20(25-29-11-18(32-25)15-10-31-36(12-15)22-4-2-3-7-40-22)38-21(39)9-17(33-26(14)38)23-19(37-13-30-34-35-37)6-5-16(27)24(23)28/h5-6,9-14,20,22H,2-4,7-8H2,1H3,(H,29,32)/t14?,20-,22?/m0/s1. The Hall–Kier alpha value is -4.23. The van der Waals surface area contributed by atoms with E-state index in [-0.39, 0.29) is 40.0 Å². The summed E-state index contributed by atoms with van der Waals surface area (Å²) in [4.78, 5) is 26.3. The van der Waals surface area contributed by atoms with Gasteiger partial charge in [0.15, 0.2) is 5.82 Å². The molecule has 7 rings (SSSR count). The molecule has 0 aliphatic carbocycles. The van der Waals surface area contributed by atoms with Gasteiger partial charge in [0.1, 0.15) is 24.2 Å². The van der Waals surface area contributed by atoms with E-state index in [2.05, 4.69) is 30.6 Å². The Balaban J connectivity index is 1.24. The maximum absolute atomic E-state index is 15.4. The van der Waals surface area contributed by atoms with Gasteiger partial charge < -0.3 is 9.72 Å². The van der Waals surface area contributed by atoms with Crippen LogP contribution in [0.3, 0.4) is 0 Å². The van der Waals surface area contributed by atoms with Crippen LogP contribution in [0.2, 0.25) is 5.02 Å². The zero-order valence-corrected chi connectivity index (χ0v) is 22.2. The van der Waals surface area contributed by atoms with Crippen molar-refractivity contribution in [3.05, 3.63) is 76.0 Å². The fraction of sp³-hybridized carbons (Fsp3) is 0.346. The van der Waals surface area contributed by atoms with Gasteiger partial charge in [-0.05, 0) is 48.2 Å². The van der Waals surface area contributed by atoms with E-state index in [1.807, 2.05) is 17.8 Å². The third kappa shape index (κ3) is 4.12. The summed E-state index contributed by atoms with van der Waals surface area (Å²) < 4.78 is 26.0. The highest BCUT2D eigenvalue weighted by Crippen LogP contribution is 2.39. The molecule has 0 saturated carbocycles. The lowest BCUT2D eigenvalue weighted by Gasteiger charge is -2.22. The minimum atomic E-state index is -0.705. The van der Waals surface area contributed by atoms with Crippen molar-refractivity contribution < 1.29 is 9.13 Å². The first-order chi connectivity index (χ1) is 19.5. The SMILES string of the molecule is CC1C[C@@H](c2ncc(-c3cnn(C4CCCCO4)c3)[nH]2)n2c1nc(-c1c(-n3cnnn3)ccc(Cl)c1F)cc2=O. The molecular weight excluding hydrogens is 539 g/mol. The van der Waals surface area contributed by atoms with Crippen LogP contribution in [-0.2, 0) is 4.74 Å². The number of fused-ring (bicyclic) bond motifs is 1. The fourth-order valence-corrected chi connectivity index (χ4v) is 5.70. The lowest BCUT2D eigenvalue weighted by atomic mass is 10.1. The van der Waals surface area contributed by atoms with Crippen molar-refractivity contribution in [2.24, 2.45) is 0 Å². The van der Waals surface area contributed by atoms with E-state index >= 15 is 4.39 Å². The van der Waals surface area contributed by atoms with Crippen molar-refractivity contribution >= 4 is 11.6 Å². The molecular formula is C26H24ClFN10O2. The molecule has 0 bridgehead atoms. The number of hydrogen-bond acceptors (Lipinski definition) is 8. The number of ether oxygens (including phenoxy) is 1. The molecule has 1 saturated heterocycles. The third-order valence-corrected chi connectivity index (χ3v) is 7.80. The van der Waals surface area contributed by atoms with Crippen LogP contribution in [0.4, 0.5) is 4.39 Å². The number of hydrogen-bond donors (Lipinski definition) is 1. The Bertz CT molecular complexity index is 1760. The Morgan fingerprint density at radius 1 is 1.23 bits per heavy atom. The highest BCUT2D eigenvalue weighted by Gasteiger charge is 2.34. The van der Waals surface area contributed by atoms with Gasteiger partial charge in [-0.2, -0.15) is 9.78 Å². The largest absolute Gasteiger partial charge is 0.357 e. The van der Waals surface area contributed by atoms with Crippen LogP contribution in [0.15, 0.2) is 47.9 Å². The molecule has 0 amide bonds. The molecule has 204 valence electrons. The van der Waals surface area contributed by atoms with Crippen molar-refractivity contribution in [2.75, 3.05) is 6.61 Å². The second kappa shape index (κ2) is 9.75. The van der Waals surface area contributed by atoms with Crippen LogP contribution in [0.1, 0.15) is 62.4 Å². The number of aromatic amines is 1. The minimum absolute atomic E-state index is 0.0511. The van der Waals surface area contributed by atoms with E-state index in [9.17, 15) is 4.79 Å². The zero-order valence-electron chi connectivity index (χ0n) is 21.4. The number of rotatable bonds is 5. The Labute approximate surface area is 231 Å². The monoisotopic (exact) mass is 562 g/mol. The molecule has 12 nitrogen and oxygen atoms in total. The maximum atomic E-state index is 15.4. The van der Waals surface area contributed by atoms with Crippen LogP contribution >= 0.6 is 11.6 Å². The summed E-state index contributed by atoms with van der Waals surface area (Å²) in [5.41, 5.74) is 1.88. The van der Waals surface area contributed by atoms with Gasteiger partial charge in [-0.1, -0.05) is 18.5 Å². The zero-order chi connectivity index (χ0) is 27.4. The smallest absolute Gasteiger partial charge is 0.254 e.